The molecule has 6 heteroatoms. The minimum atomic E-state index is -0.204. The molecule has 2 aromatic rings. The number of rotatable bonds is 6. The smallest absolute Gasteiger partial charge is 0.251 e. The monoisotopic (exact) mass is 390 g/mol. The first-order valence-corrected chi connectivity index (χ1v) is 8.27. The Morgan fingerprint density at radius 2 is 1.92 bits per heavy atom. The van der Waals surface area contributed by atoms with E-state index in [1.807, 2.05) is 24.3 Å². The number of carbonyl (C=O) groups is 2. The summed E-state index contributed by atoms with van der Waals surface area (Å²) in [4.78, 5) is 25.7. The van der Waals surface area contributed by atoms with Gasteiger partial charge in [-0.1, -0.05) is 18.2 Å². The fraction of sp³-hybridized carbons (Fsp3) is 0.222. The number of hydrogen-bond donors (Lipinski definition) is 1. The first kappa shape index (κ1) is 18.0. The lowest BCUT2D eigenvalue weighted by atomic mass is 10.2. The predicted molar refractivity (Wildman–Crippen MR) is 97.5 cm³/mol. The van der Waals surface area contributed by atoms with Crippen molar-refractivity contribution in [2.75, 3.05) is 25.1 Å². The largest absolute Gasteiger partial charge is 0.497 e. The van der Waals surface area contributed by atoms with Crippen molar-refractivity contribution >= 4 is 33.4 Å². The molecule has 0 atom stereocenters. The first-order valence-electron chi connectivity index (χ1n) is 7.48. The van der Waals surface area contributed by atoms with Crippen LogP contribution in [0, 0.1) is 0 Å². The third-order valence-electron chi connectivity index (χ3n) is 3.48. The Bertz CT molecular complexity index is 734. The van der Waals surface area contributed by atoms with Gasteiger partial charge in [0.25, 0.3) is 5.91 Å². The molecule has 5 nitrogen and oxygen atoms in total. The zero-order valence-corrected chi connectivity index (χ0v) is 15.2. The van der Waals surface area contributed by atoms with Crippen LogP contribution in [0.3, 0.4) is 0 Å². The van der Waals surface area contributed by atoms with Crippen LogP contribution in [-0.4, -0.2) is 32.0 Å². The second-order valence-corrected chi connectivity index (χ2v) is 5.96. The van der Waals surface area contributed by atoms with Gasteiger partial charge in [-0.15, -0.1) is 0 Å². The van der Waals surface area contributed by atoms with Crippen LogP contribution < -0.4 is 15.0 Å². The Labute approximate surface area is 149 Å². The number of ether oxygens (including phenoxy) is 1. The zero-order chi connectivity index (χ0) is 17.5. The van der Waals surface area contributed by atoms with Crippen molar-refractivity contribution in [2.24, 2.45) is 0 Å². The van der Waals surface area contributed by atoms with Crippen LogP contribution in [0.2, 0.25) is 0 Å². The van der Waals surface area contributed by atoms with Gasteiger partial charge in [-0.2, -0.15) is 0 Å². The highest BCUT2D eigenvalue weighted by Gasteiger charge is 2.14. The van der Waals surface area contributed by atoms with Crippen molar-refractivity contribution in [3.05, 3.63) is 58.6 Å². The van der Waals surface area contributed by atoms with E-state index in [1.54, 1.807) is 36.3 Å². The van der Waals surface area contributed by atoms with Gasteiger partial charge in [0.15, 0.2) is 0 Å². The Morgan fingerprint density at radius 3 is 2.58 bits per heavy atom. The number of carbonyl (C=O) groups excluding carboxylic acids is 2. The molecule has 0 aliphatic heterocycles. The van der Waals surface area contributed by atoms with E-state index in [0.29, 0.717) is 24.4 Å². The van der Waals surface area contributed by atoms with Gasteiger partial charge in [-0.25, -0.2) is 0 Å². The highest BCUT2D eigenvalue weighted by molar-refractivity contribution is 9.10. The van der Waals surface area contributed by atoms with E-state index in [4.69, 9.17) is 4.74 Å². The molecule has 0 heterocycles. The van der Waals surface area contributed by atoms with E-state index in [9.17, 15) is 9.59 Å². The maximum absolute atomic E-state index is 12.2. The maximum Gasteiger partial charge on any atom is 0.251 e. The summed E-state index contributed by atoms with van der Waals surface area (Å²) in [5.74, 6) is 0.336. The van der Waals surface area contributed by atoms with Crippen LogP contribution in [0.5, 0.6) is 5.75 Å². The first-order chi connectivity index (χ1) is 11.5. The minimum absolute atomic E-state index is 0.0856. The van der Waals surface area contributed by atoms with Gasteiger partial charge in [-0.3, -0.25) is 9.59 Å². The molecule has 0 aliphatic rings. The van der Waals surface area contributed by atoms with E-state index in [-0.39, 0.29) is 11.8 Å². The molecule has 0 fully saturated rings. The van der Waals surface area contributed by atoms with Gasteiger partial charge >= 0.3 is 0 Å². The normalized spacial score (nSPS) is 10.1. The van der Waals surface area contributed by atoms with Crippen molar-refractivity contribution in [1.29, 1.82) is 0 Å². The summed E-state index contributed by atoms with van der Waals surface area (Å²) in [6, 6.07) is 14.4. The average Bonchev–Trinajstić information content (AvgIpc) is 2.59. The number of nitrogens with zero attached hydrogens (tertiary/aromatic N) is 1. The molecular weight excluding hydrogens is 372 g/mol. The van der Waals surface area contributed by atoms with Crippen LogP contribution in [0.25, 0.3) is 0 Å². The van der Waals surface area contributed by atoms with E-state index < -0.39 is 0 Å². The zero-order valence-electron chi connectivity index (χ0n) is 13.6. The second kappa shape index (κ2) is 8.49. The third-order valence-corrected chi connectivity index (χ3v) is 4.15. The van der Waals surface area contributed by atoms with Crippen molar-refractivity contribution < 1.29 is 14.3 Å². The number of nitrogens with one attached hydrogen (secondary N) is 1. The van der Waals surface area contributed by atoms with Gasteiger partial charge in [0.05, 0.1) is 12.8 Å². The fourth-order valence-corrected chi connectivity index (χ4v) is 2.76. The molecule has 1 N–H and O–H groups in total. The van der Waals surface area contributed by atoms with Gasteiger partial charge < -0.3 is 15.0 Å². The molecule has 2 aromatic carbocycles. The Balaban J connectivity index is 1.99. The SMILES string of the molecule is COc1cccc(C(=O)NCCN(C(C)=O)c2ccccc2Br)c1. The average molecular weight is 391 g/mol. The van der Waals surface area contributed by atoms with E-state index in [1.165, 1.54) is 6.92 Å². The summed E-state index contributed by atoms with van der Waals surface area (Å²) < 4.78 is 5.94. The van der Waals surface area contributed by atoms with Gasteiger partial charge in [0, 0.05) is 30.0 Å². The second-order valence-electron chi connectivity index (χ2n) is 5.11. The van der Waals surface area contributed by atoms with Crippen LogP contribution in [0.1, 0.15) is 17.3 Å². The summed E-state index contributed by atoms with van der Waals surface area (Å²) in [7, 11) is 1.56. The quantitative estimate of drug-likeness (QED) is 0.823. The van der Waals surface area contributed by atoms with E-state index in [2.05, 4.69) is 21.2 Å². The standard InChI is InChI=1S/C18H19BrN2O3/c1-13(22)21(17-9-4-3-8-16(17)19)11-10-20-18(23)14-6-5-7-15(12-14)24-2/h3-9,12H,10-11H2,1-2H3,(H,20,23). The molecule has 0 bridgehead atoms. The predicted octanol–water partition coefficient (Wildman–Crippen LogP) is 3.24. The fourth-order valence-electron chi connectivity index (χ4n) is 2.27. The number of anilines is 1. The number of hydrogen-bond acceptors (Lipinski definition) is 3. The third kappa shape index (κ3) is 4.58. The molecule has 0 saturated carbocycles. The van der Waals surface area contributed by atoms with Crippen molar-refractivity contribution in [3.63, 3.8) is 0 Å². The number of benzene rings is 2. The summed E-state index contributed by atoms with van der Waals surface area (Å²) in [6.45, 7) is 2.23. The van der Waals surface area contributed by atoms with Crippen LogP contribution in [0.15, 0.2) is 53.0 Å². The van der Waals surface area contributed by atoms with Crippen molar-refractivity contribution in [3.8, 4) is 5.75 Å². The Hall–Kier alpha value is -2.34. The lowest BCUT2D eigenvalue weighted by Gasteiger charge is -2.22. The number of para-hydroxylation sites is 1. The molecule has 2 amide bonds. The van der Waals surface area contributed by atoms with Crippen LogP contribution in [0.4, 0.5) is 5.69 Å². The molecule has 2 rings (SSSR count). The van der Waals surface area contributed by atoms with Gasteiger partial charge in [0.2, 0.25) is 5.91 Å². The lowest BCUT2D eigenvalue weighted by molar-refractivity contribution is -0.116. The van der Waals surface area contributed by atoms with Gasteiger partial charge in [0.1, 0.15) is 5.75 Å². The molecule has 24 heavy (non-hydrogen) atoms. The summed E-state index contributed by atoms with van der Waals surface area (Å²) >= 11 is 3.44. The molecule has 0 spiro atoms. The van der Waals surface area contributed by atoms with Gasteiger partial charge in [-0.05, 0) is 46.3 Å². The Morgan fingerprint density at radius 1 is 1.17 bits per heavy atom. The molecule has 0 aliphatic carbocycles. The molecule has 0 aromatic heterocycles. The number of halogens is 1. The number of methoxy groups -OCH3 is 1. The molecule has 0 saturated heterocycles. The van der Waals surface area contributed by atoms with Crippen molar-refractivity contribution in [1.82, 2.24) is 5.32 Å². The summed E-state index contributed by atoms with van der Waals surface area (Å²) in [6.07, 6.45) is 0. The summed E-state index contributed by atoms with van der Waals surface area (Å²) in [5.41, 5.74) is 1.30. The topological polar surface area (TPSA) is 58.6 Å². The molecule has 0 unspecified atom stereocenters. The molecule has 126 valence electrons. The van der Waals surface area contributed by atoms with Crippen LogP contribution in [-0.2, 0) is 4.79 Å². The minimum Gasteiger partial charge on any atom is -0.497 e. The Kier molecular flexibility index (Phi) is 6.37. The summed E-state index contributed by atoms with van der Waals surface area (Å²) in [5, 5.41) is 2.82. The van der Waals surface area contributed by atoms with Crippen LogP contribution >= 0.6 is 15.9 Å². The maximum atomic E-state index is 12.2. The lowest BCUT2D eigenvalue weighted by Crippen LogP contribution is -2.37. The molecular formula is C18H19BrN2O3. The van der Waals surface area contributed by atoms with Crippen molar-refractivity contribution in [2.45, 2.75) is 6.92 Å². The highest BCUT2D eigenvalue weighted by atomic mass is 79.9. The molecule has 0 radical (unpaired) electrons. The highest BCUT2D eigenvalue weighted by Crippen LogP contribution is 2.25. The van der Waals surface area contributed by atoms with E-state index >= 15 is 0 Å². The van der Waals surface area contributed by atoms with E-state index in [0.717, 1.165) is 10.2 Å². The number of amides is 2.